The molecule has 20 heavy (non-hydrogen) atoms. The molecule has 5 heteroatoms. The normalized spacial score (nSPS) is 11.2. The van der Waals surface area contributed by atoms with Crippen LogP contribution in [0.2, 0.25) is 0 Å². The number of carbonyl (C=O) groups excluding carboxylic acids is 1. The second-order valence-electron chi connectivity index (χ2n) is 4.80. The molecule has 0 spiro atoms. The maximum Gasteiger partial charge on any atom is 0.220 e. The molecule has 1 aromatic carbocycles. The molecule has 0 aliphatic heterocycles. The Labute approximate surface area is 130 Å². The Morgan fingerprint density at radius 2 is 1.85 bits per heavy atom. The van der Waals surface area contributed by atoms with Crippen LogP contribution in [-0.2, 0) is 11.2 Å². The van der Waals surface area contributed by atoms with Crippen LogP contribution in [0.15, 0.2) is 24.3 Å². The number of alkyl halides is 2. The van der Waals surface area contributed by atoms with E-state index in [1.54, 1.807) is 7.11 Å². The van der Waals surface area contributed by atoms with E-state index in [-0.39, 0.29) is 5.91 Å². The van der Waals surface area contributed by atoms with Gasteiger partial charge in [-0.2, -0.15) is 0 Å². The van der Waals surface area contributed by atoms with E-state index in [1.165, 1.54) is 0 Å². The summed E-state index contributed by atoms with van der Waals surface area (Å²) in [5.41, 5.74) is 0.597. The molecule has 1 rings (SSSR count). The number of hydrogen-bond acceptors (Lipinski definition) is 2. The third-order valence-electron chi connectivity index (χ3n) is 3.39. The van der Waals surface area contributed by atoms with Crippen LogP contribution in [0.4, 0.5) is 0 Å². The number of methoxy groups -OCH3 is 1. The first-order chi connectivity index (χ1) is 9.59. The lowest BCUT2D eigenvalue weighted by atomic mass is 10.0. The molecule has 1 N–H and O–H groups in total. The highest BCUT2D eigenvalue weighted by Gasteiger charge is 2.27. The van der Waals surface area contributed by atoms with Gasteiger partial charge < -0.3 is 10.1 Å². The number of ether oxygens (including phenoxy) is 1. The molecule has 0 bridgehead atoms. The van der Waals surface area contributed by atoms with Crippen molar-refractivity contribution in [2.45, 2.75) is 31.7 Å². The summed E-state index contributed by atoms with van der Waals surface area (Å²) in [7, 11) is 1.63. The lowest BCUT2D eigenvalue weighted by Crippen LogP contribution is -2.51. The summed E-state index contributed by atoms with van der Waals surface area (Å²) in [5.74, 6) is 1.43. The van der Waals surface area contributed by atoms with Gasteiger partial charge in [-0.25, -0.2) is 0 Å². The number of aryl methyl sites for hydroxylation is 1. The zero-order valence-corrected chi connectivity index (χ0v) is 13.4. The largest absolute Gasteiger partial charge is 0.497 e. The van der Waals surface area contributed by atoms with Crippen molar-refractivity contribution < 1.29 is 9.53 Å². The van der Waals surface area contributed by atoms with Crippen LogP contribution in [0.1, 0.15) is 25.3 Å². The number of benzene rings is 1. The van der Waals surface area contributed by atoms with Gasteiger partial charge in [0.05, 0.1) is 12.6 Å². The zero-order chi connectivity index (χ0) is 15.0. The summed E-state index contributed by atoms with van der Waals surface area (Å²) in [6, 6.07) is 7.70. The predicted molar refractivity (Wildman–Crippen MR) is 83.9 cm³/mol. The summed E-state index contributed by atoms with van der Waals surface area (Å²) in [4.78, 5) is 12.0. The predicted octanol–water partition coefficient (Wildman–Crippen LogP) is 3.37. The van der Waals surface area contributed by atoms with Crippen LogP contribution in [0.5, 0.6) is 5.75 Å². The van der Waals surface area contributed by atoms with E-state index in [2.05, 4.69) is 5.32 Å². The molecular formula is C15H21Cl2NO2. The quantitative estimate of drug-likeness (QED) is 0.746. The highest BCUT2D eigenvalue weighted by Crippen LogP contribution is 2.16. The third kappa shape index (κ3) is 4.88. The van der Waals surface area contributed by atoms with E-state index < -0.39 is 5.54 Å². The van der Waals surface area contributed by atoms with Crippen molar-refractivity contribution >= 4 is 29.1 Å². The summed E-state index contributed by atoms with van der Waals surface area (Å²) in [6.45, 7) is 1.97. The van der Waals surface area contributed by atoms with Crippen molar-refractivity contribution in [1.29, 1.82) is 0 Å². The Balaban J connectivity index is 2.50. The van der Waals surface area contributed by atoms with E-state index in [0.29, 0.717) is 31.0 Å². The number of nitrogens with one attached hydrogen (secondary N) is 1. The molecule has 112 valence electrons. The zero-order valence-electron chi connectivity index (χ0n) is 11.9. The fourth-order valence-corrected chi connectivity index (χ4v) is 2.59. The van der Waals surface area contributed by atoms with Crippen molar-refractivity contribution in [3.8, 4) is 5.75 Å². The van der Waals surface area contributed by atoms with E-state index in [4.69, 9.17) is 27.9 Å². The van der Waals surface area contributed by atoms with Crippen LogP contribution in [-0.4, -0.2) is 30.3 Å². The molecule has 1 aromatic rings. The number of rotatable bonds is 8. The van der Waals surface area contributed by atoms with Gasteiger partial charge in [-0.15, -0.1) is 23.2 Å². The molecule has 1 amide bonds. The minimum atomic E-state index is -0.500. The van der Waals surface area contributed by atoms with E-state index in [9.17, 15) is 4.79 Å². The second-order valence-corrected chi connectivity index (χ2v) is 5.33. The van der Waals surface area contributed by atoms with Crippen LogP contribution >= 0.6 is 23.2 Å². The molecule has 0 aliphatic carbocycles. The monoisotopic (exact) mass is 317 g/mol. The minimum Gasteiger partial charge on any atom is -0.497 e. The fourth-order valence-electron chi connectivity index (χ4n) is 1.79. The average molecular weight is 318 g/mol. The van der Waals surface area contributed by atoms with Gasteiger partial charge in [-0.1, -0.05) is 19.1 Å². The van der Waals surface area contributed by atoms with Gasteiger partial charge in [-0.3, -0.25) is 4.79 Å². The minimum absolute atomic E-state index is 0.0241. The summed E-state index contributed by atoms with van der Waals surface area (Å²) in [5, 5.41) is 2.94. The first-order valence-electron chi connectivity index (χ1n) is 6.65. The number of amides is 1. The first-order valence-corrected chi connectivity index (χ1v) is 7.72. The Hall–Kier alpha value is -0.930. The molecule has 0 atom stereocenters. The highest BCUT2D eigenvalue weighted by atomic mass is 35.5. The Kier molecular flexibility index (Phi) is 7.17. The van der Waals surface area contributed by atoms with Gasteiger partial charge in [0.2, 0.25) is 5.91 Å². The van der Waals surface area contributed by atoms with Crippen molar-refractivity contribution in [2.75, 3.05) is 18.9 Å². The highest BCUT2D eigenvalue weighted by molar-refractivity contribution is 6.22. The molecule has 0 saturated carbocycles. The fraction of sp³-hybridized carbons (Fsp3) is 0.533. The van der Waals surface area contributed by atoms with Crippen molar-refractivity contribution in [1.82, 2.24) is 5.32 Å². The number of carbonyl (C=O) groups is 1. The summed E-state index contributed by atoms with van der Waals surface area (Å²) >= 11 is 11.8. The molecule has 0 heterocycles. The van der Waals surface area contributed by atoms with Crippen LogP contribution in [0, 0.1) is 0 Å². The van der Waals surface area contributed by atoms with Gasteiger partial charge in [-0.05, 0) is 30.5 Å². The maximum absolute atomic E-state index is 12.0. The molecule has 3 nitrogen and oxygen atoms in total. The molecule has 0 fully saturated rings. The Morgan fingerprint density at radius 3 is 2.30 bits per heavy atom. The lowest BCUT2D eigenvalue weighted by Gasteiger charge is -2.29. The first kappa shape index (κ1) is 17.1. The SMILES string of the molecule is CCC(CCl)(CCl)NC(=O)CCc1ccc(OC)cc1. The third-order valence-corrected chi connectivity index (χ3v) is 4.42. The Morgan fingerprint density at radius 1 is 1.25 bits per heavy atom. The molecular weight excluding hydrogens is 297 g/mol. The van der Waals surface area contributed by atoms with Gasteiger partial charge in [0.1, 0.15) is 5.75 Å². The van der Waals surface area contributed by atoms with E-state index in [1.807, 2.05) is 31.2 Å². The molecule has 0 aliphatic rings. The van der Waals surface area contributed by atoms with Gasteiger partial charge in [0.25, 0.3) is 0 Å². The molecule has 0 aromatic heterocycles. The van der Waals surface area contributed by atoms with Gasteiger partial charge >= 0.3 is 0 Å². The lowest BCUT2D eigenvalue weighted by molar-refractivity contribution is -0.122. The van der Waals surface area contributed by atoms with E-state index >= 15 is 0 Å². The van der Waals surface area contributed by atoms with Crippen molar-refractivity contribution in [3.05, 3.63) is 29.8 Å². The number of halogens is 2. The van der Waals surface area contributed by atoms with E-state index in [0.717, 1.165) is 11.3 Å². The second kappa shape index (κ2) is 8.38. The summed E-state index contributed by atoms with van der Waals surface area (Å²) < 4.78 is 5.10. The van der Waals surface area contributed by atoms with Crippen molar-refractivity contribution in [2.24, 2.45) is 0 Å². The molecule has 0 unspecified atom stereocenters. The number of hydrogen-bond donors (Lipinski definition) is 1. The molecule has 0 saturated heterocycles. The standard InChI is InChI=1S/C15H21Cl2NO2/c1-3-15(10-16,11-17)18-14(19)9-6-12-4-7-13(20-2)8-5-12/h4-5,7-8H,3,6,9-11H2,1-2H3,(H,18,19). The van der Waals surface area contributed by atoms with Gasteiger partial charge in [0, 0.05) is 18.2 Å². The van der Waals surface area contributed by atoms with Crippen LogP contribution in [0.3, 0.4) is 0 Å². The van der Waals surface area contributed by atoms with Crippen molar-refractivity contribution in [3.63, 3.8) is 0 Å². The van der Waals surface area contributed by atoms with Gasteiger partial charge in [0.15, 0.2) is 0 Å². The smallest absolute Gasteiger partial charge is 0.220 e. The average Bonchev–Trinajstić information content (AvgIpc) is 2.51. The Bertz CT molecular complexity index is 408. The topological polar surface area (TPSA) is 38.3 Å². The van der Waals surface area contributed by atoms with Crippen LogP contribution in [0.25, 0.3) is 0 Å². The maximum atomic E-state index is 12.0. The van der Waals surface area contributed by atoms with Crippen LogP contribution < -0.4 is 10.1 Å². The molecule has 0 radical (unpaired) electrons. The summed E-state index contributed by atoms with van der Waals surface area (Å²) in [6.07, 6.45) is 1.82.